The van der Waals surface area contributed by atoms with Crippen LogP contribution in [0.4, 0.5) is 5.82 Å². The summed E-state index contributed by atoms with van der Waals surface area (Å²) < 4.78 is 2.67. The zero-order chi connectivity index (χ0) is 8.43. The first-order valence-electron chi connectivity index (χ1n) is 3.58. The second-order valence-corrected chi connectivity index (χ2v) is 3.81. The number of nitrogen functional groups attached to an aromatic ring is 1. The van der Waals surface area contributed by atoms with Crippen molar-refractivity contribution in [2.45, 2.75) is 20.4 Å². The van der Waals surface area contributed by atoms with Gasteiger partial charge in [0.1, 0.15) is 5.82 Å². The van der Waals surface area contributed by atoms with Crippen LogP contribution in [-0.4, -0.2) is 9.78 Å². The lowest BCUT2D eigenvalue weighted by molar-refractivity contribution is 0.488. The number of nitrogens with zero attached hydrogens (tertiary/aromatic N) is 2. The number of aromatic nitrogens is 2. The standard InChI is InChI=1S/C7H12BrN3/c1-5(2)4-11-7(9)6(8)3-10-11/h3,5H,4,9H2,1-2H3. The van der Waals surface area contributed by atoms with Gasteiger partial charge in [0.05, 0.1) is 10.7 Å². The van der Waals surface area contributed by atoms with Crippen LogP contribution in [0.25, 0.3) is 0 Å². The van der Waals surface area contributed by atoms with Gasteiger partial charge >= 0.3 is 0 Å². The molecule has 0 bridgehead atoms. The van der Waals surface area contributed by atoms with E-state index in [1.54, 1.807) is 10.9 Å². The molecule has 0 aliphatic carbocycles. The highest BCUT2D eigenvalue weighted by molar-refractivity contribution is 9.10. The summed E-state index contributed by atoms with van der Waals surface area (Å²) in [4.78, 5) is 0. The van der Waals surface area contributed by atoms with Gasteiger partial charge in [0, 0.05) is 6.54 Å². The lowest BCUT2D eigenvalue weighted by atomic mass is 10.2. The molecule has 11 heavy (non-hydrogen) atoms. The fourth-order valence-electron chi connectivity index (χ4n) is 0.863. The minimum Gasteiger partial charge on any atom is -0.383 e. The maximum absolute atomic E-state index is 5.70. The van der Waals surface area contributed by atoms with E-state index < -0.39 is 0 Å². The normalized spacial score (nSPS) is 10.9. The molecular weight excluding hydrogens is 206 g/mol. The highest BCUT2D eigenvalue weighted by atomic mass is 79.9. The summed E-state index contributed by atoms with van der Waals surface area (Å²) in [5.41, 5.74) is 5.70. The minimum atomic E-state index is 0.573. The first kappa shape index (κ1) is 8.59. The molecule has 0 radical (unpaired) electrons. The van der Waals surface area contributed by atoms with Crippen LogP contribution in [0.5, 0.6) is 0 Å². The van der Waals surface area contributed by atoms with E-state index in [1.165, 1.54) is 0 Å². The van der Waals surface area contributed by atoms with Crippen molar-refractivity contribution in [1.82, 2.24) is 9.78 Å². The van der Waals surface area contributed by atoms with Crippen molar-refractivity contribution in [3.63, 3.8) is 0 Å². The fraction of sp³-hybridized carbons (Fsp3) is 0.571. The molecule has 0 aliphatic rings. The summed E-state index contributed by atoms with van der Waals surface area (Å²) in [6.07, 6.45) is 1.72. The molecule has 0 unspecified atom stereocenters. The predicted octanol–water partition coefficient (Wildman–Crippen LogP) is 1.88. The summed E-state index contributed by atoms with van der Waals surface area (Å²) in [7, 11) is 0. The lowest BCUT2D eigenvalue weighted by Gasteiger charge is -2.06. The maximum Gasteiger partial charge on any atom is 0.136 e. The molecule has 2 N–H and O–H groups in total. The van der Waals surface area contributed by atoms with Crippen LogP contribution in [0, 0.1) is 5.92 Å². The lowest BCUT2D eigenvalue weighted by Crippen LogP contribution is -2.08. The molecule has 3 nitrogen and oxygen atoms in total. The Balaban J connectivity index is 2.79. The van der Waals surface area contributed by atoms with Crippen molar-refractivity contribution in [2.24, 2.45) is 5.92 Å². The van der Waals surface area contributed by atoms with Crippen LogP contribution in [0.2, 0.25) is 0 Å². The van der Waals surface area contributed by atoms with Gasteiger partial charge in [-0.1, -0.05) is 13.8 Å². The van der Waals surface area contributed by atoms with E-state index in [0.29, 0.717) is 11.7 Å². The van der Waals surface area contributed by atoms with Gasteiger partial charge in [-0.25, -0.2) is 4.68 Å². The average molecular weight is 218 g/mol. The predicted molar refractivity (Wildman–Crippen MR) is 49.2 cm³/mol. The van der Waals surface area contributed by atoms with E-state index in [-0.39, 0.29) is 0 Å². The Morgan fingerprint density at radius 1 is 1.73 bits per heavy atom. The largest absolute Gasteiger partial charge is 0.383 e. The molecule has 1 aromatic rings. The van der Waals surface area contributed by atoms with Gasteiger partial charge in [0.25, 0.3) is 0 Å². The molecule has 0 fully saturated rings. The summed E-state index contributed by atoms with van der Waals surface area (Å²) in [6, 6.07) is 0. The molecule has 0 spiro atoms. The van der Waals surface area contributed by atoms with Crippen LogP contribution in [0.3, 0.4) is 0 Å². The van der Waals surface area contributed by atoms with Gasteiger partial charge < -0.3 is 5.73 Å². The Morgan fingerprint density at radius 2 is 2.36 bits per heavy atom. The zero-order valence-corrected chi connectivity index (χ0v) is 8.30. The van der Waals surface area contributed by atoms with Crippen molar-refractivity contribution >= 4 is 21.7 Å². The zero-order valence-electron chi connectivity index (χ0n) is 6.71. The number of nitrogens with two attached hydrogens (primary N) is 1. The van der Waals surface area contributed by atoms with Crippen LogP contribution < -0.4 is 5.73 Å². The number of halogens is 1. The molecule has 0 atom stereocenters. The Morgan fingerprint density at radius 3 is 2.73 bits per heavy atom. The van der Waals surface area contributed by atoms with Crippen LogP contribution in [0.15, 0.2) is 10.7 Å². The van der Waals surface area contributed by atoms with Crippen LogP contribution in [-0.2, 0) is 6.54 Å². The van der Waals surface area contributed by atoms with Gasteiger partial charge in [0.15, 0.2) is 0 Å². The third-order valence-electron chi connectivity index (χ3n) is 1.37. The van der Waals surface area contributed by atoms with Gasteiger partial charge in [-0.05, 0) is 21.8 Å². The molecule has 1 rings (SSSR count). The number of anilines is 1. The quantitative estimate of drug-likeness (QED) is 0.823. The summed E-state index contributed by atoms with van der Waals surface area (Å²) in [6.45, 7) is 5.14. The van der Waals surface area contributed by atoms with Gasteiger partial charge in [-0.3, -0.25) is 0 Å². The fourth-order valence-corrected chi connectivity index (χ4v) is 1.16. The molecule has 4 heteroatoms. The Bertz CT molecular complexity index is 242. The van der Waals surface area contributed by atoms with Crippen molar-refractivity contribution in [1.29, 1.82) is 0 Å². The first-order valence-corrected chi connectivity index (χ1v) is 4.37. The Labute approximate surface area is 74.7 Å². The summed E-state index contributed by atoms with van der Waals surface area (Å²) >= 11 is 3.30. The number of rotatable bonds is 2. The van der Waals surface area contributed by atoms with E-state index in [2.05, 4.69) is 34.9 Å². The second-order valence-electron chi connectivity index (χ2n) is 2.95. The molecule has 0 amide bonds. The van der Waals surface area contributed by atoms with Gasteiger partial charge in [-0.2, -0.15) is 5.10 Å². The molecule has 0 saturated heterocycles. The molecule has 1 heterocycles. The van der Waals surface area contributed by atoms with E-state index in [9.17, 15) is 0 Å². The van der Waals surface area contributed by atoms with Crippen molar-refractivity contribution in [3.05, 3.63) is 10.7 Å². The van der Waals surface area contributed by atoms with E-state index in [0.717, 1.165) is 11.0 Å². The van der Waals surface area contributed by atoms with Crippen LogP contribution in [0.1, 0.15) is 13.8 Å². The third kappa shape index (κ3) is 1.96. The van der Waals surface area contributed by atoms with Crippen molar-refractivity contribution in [2.75, 3.05) is 5.73 Å². The second kappa shape index (κ2) is 3.26. The van der Waals surface area contributed by atoms with Gasteiger partial charge in [0.2, 0.25) is 0 Å². The highest BCUT2D eigenvalue weighted by Gasteiger charge is 2.04. The van der Waals surface area contributed by atoms with E-state index in [1.807, 2.05) is 0 Å². The average Bonchev–Trinajstić information content (AvgIpc) is 2.18. The summed E-state index contributed by atoms with van der Waals surface area (Å²) in [5.74, 6) is 1.28. The third-order valence-corrected chi connectivity index (χ3v) is 1.98. The number of hydrogen-bond donors (Lipinski definition) is 1. The minimum absolute atomic E-state index is 0.573. The van der Waals surface area contributed by atoms with E-state index >= 15 is 0 Å². The summed E-state index contributed by atoms with van der Waals surface area (Å²) in [5, 5.41) is 4.10. The molecule has 0 aromatic carbocycles. The monoisotopic (exact) mass is 217 g/mol. The molecule has 62 valence electrons. The van der Waals surface area contributed by atoms with Gasteiger partial charge in [-0.15, -0.1) is 0 Å². The van der Waals surface area contributed by atoms with Crippen LogP contribution >= 0.6 is 15.9 Å². The Hall–Kier alpha value is -0.510. The molecule has 1 aromatic heterocycles. The Kier molecular flexibility index (Phi) is 2.54. The SMILES string of the molecule is CC(C)Cn1ncc(Br)c1N. The van der Waals surface area contributed by atoms with Crippen molar-refractivity contribution < 1.29 is 0 Å². The first-order chi connectivity index (χ1) is 5.11. The van der Waals surface area contributed by atoms with Crippen molar-refractivity contribution in [3.8, 4) is 0 Å². The topological polar surface area (TPSA) is 43.8 Å². The number of hydrogen-bond acceptors (Lipinski definition) is 2. The highest BCUT2D eigenvalue weighted by Crippen LogP contribution is 2.18. The molecular formula is C7H12BrN3. The van der Waals surface area contributed by atoms with E-state index in [4.69, 9.17) is 5.73 Å². The molecule has 0 aliphatic heterocycles. The smallest absolute Gasteiger partial charge is 0.136 e. The molecule has 0 saturated carbocycles. The maximum atomic E-state index is 5.70.